The van der Waals surface area contributed by atoms with Crippen LogP contribution in [0.4, 0.5) is 10.1 Å². The molecule has 2 amide bonds. The zero-order valence-corrected chi connectivity index (χ0v) is 19.7. The normalized spacial score (nSPS) is 29.5. The average molecular weight is 491 g/mol. The van der Waals surface area contributed by atoms with Crippen LogP contribution in [0.5, 0.6) is 0 Å². The van der Waals surface area contributed by atoms with E-state index in [2.05, 4.69) is 20.5 Å². The van der Waals surface area contributed by atoms with Gasteiger partial charge in [0.2, 0.25) is 11.8 Å². The second-order valence-corrected chi connectivity index (χ2v) is 10.2. The molecule has 3 heterocycles. The monoisotopic (exact) mass is 490 g/mol. The summed E-state index contributed by atoms with van der Waals surface area (Å²) < 4.78 is 15.3. The van der Waals surface area contributed by atoms with E-state index >= 15 is 4.39 Å². The highest BCUT2D eigenvalue weighted by atomic mass is 35.5. The van der Waals surface area contributed by atoms with Gasteiger partial charge in [-0.1, -0.05) is 29.3 Å². The van der Waals surface area contributed by atoms with Crippen LogP contribution in [-0.2, 0) is 9.59 Å². The van der Waals surface area contributed by atoms with Gasteiger partial charge in [0.1, 0.15) is 5.54 Å². The molecule has 174 valence electrons. The SMILES string of the molecule is C[C@]1(C(=O)Nc2cccc(Cl)c2)[C@@H](c2ccnc(Cl)c2F)[C@@H]2C(=O)NCC[C@@H]2N1CC1CC1. The van der Waals surface area contributed by atoms with Crippen molar-refractivity contribution in [3.8, 4) is 0 Å². The number of amides is 2. The van der Waals surface area contributed by atoms with E-state index in [0.29, 0.717) is 36.1 Å². The van der Waals surface area contributed by atoms with Crippen LogP contribution >= 0.6 is 23.2 Å². The highest BCUT2D eigenvalue weighted by Gasteiger charge is 2.64. The molecule has 1 saturated carbocycles. The Hall–Kier alpha value is -2.22. The summed E-state index contributed by atoms with van der Waals surface area (Å²) in [5.74, 6) is -2.00. The number of carbonyl (C=O) groups excluding carboxylic acids is 2. The van der Waals surface area contributed by atoms with E-state index in [1.807, 2.05) is 6.92 Å². The lowest BCUT2D eigenvalue weighted by molar-refractivity contribution is -0.128. The Morgan fingerprint density at radius 2 is 2.09 bits per heavy atom. The highest BCUT2D eigenvalue weighted by Crippen LogP contribution is 2.53. The maximum Gasteiger partial charge on any atom is 0.245 e. The van der Waals surface area contributed by atoms with Gasteiger partial charge in [-0.15, -0.1) is 0 Å². The smallest absolute Gasteiger partial charge is 0.245 e. The Kier molecular flexibility index (Phi) is 5.83. The molecule has 2 N–H and O–H groups in total. The minimum absolute atomic E-state index is 0.163. The van der Waals surface area contributed by atoms with Gasteiger partial charge in [-0.05, 0) is 61.9 Å². The number of likely N-dealkylation sites (tertiary alicyclic amines) is 1. The predicted molar refractivity (Wildman–Crippen MR) is 125 cm³/mol. The van der Waals surface area contributed by atoms with E-state index in [1.54, 1.807) is 24.3 Å². The number of hydrogen-bond donors (Lipinski definition) is 2. The van der Waals surface area contributed by atoms with E-state index in [4.69, 9.17) is 23.2 Å². The largest absolute Gasteiger partial charge is 0.356 e. The van der Waals surface area contributed by atoms with Crippen molar-refractivity contribution in [3.05, 3.63) is 58.1 Å². The molecule has 4 atom stereocenters. The Labute approximate surface area is 201 Å². The van der Waals surface area contributed by atoms with Crippen LogP contribution in [0.2, 0.25) is 10.2 Å². The van der Waals surface area contributed by atoms with Crippen LogP contribution < -0.4 is 10.6 Å². The van der Waals surface area contributed by atoms with Crippen molar-refractivity contribution in [2.75, 3.05) is 18.4 Å². The number of nitrogens with zero attached hydrogens (tertiary/aromatic N) is 2. The van der Waals surface area contributed by atoms with Crippen LogP contribution in [-0.4, -0.2) is 46.4 Å². The fraction of sp³-hybridized carbons (Fsp3) is 0.458. The van der Waals surface area contributed by atoms with Crippen LogP contribution in [0.3, 0.4) is 0 Å². The summed E-state index contributed by atoms with van der Waals surface area (Å²) in [6, 6.07) is 8.27. The molecule has 3 aliphatic rings. The lowest BCUT2D eigenvalue weighted by Gasteiger charge is -2.40. The third-order valence-corrected chi connectivity index (χ3v) is 7.82. The molecular weight excluding hydrogens is 466 g/mol. The predicted octanol–water partition coefficient (Wildman–Crippen LogP) is 4.24. The van der Waals surface area contributed by atoms with Crippen molar-refractivity contribution < 1.29 is 14.0 Å². The third-order valence-electron chi connectivity index (χ3n) is 7.32. The molecule has 0 bridgehead atoms. The topological polar surface area (TPSA) is 74.3 Å². The Morgan fingerprint density at radius 1 is 1.30 bits per heavy atom. The third kappa shape index (κ3) is 3.90. The number of rotatable bonds is 5. The van der Waals surface area contributed by atoms with Crippen LogP contribution in [0.15, 0.2) is 36.5 Å². The first-order valence-electron chi connectivity index (χ1n) is 11.2. The van der Waals surface area contributed by atoms with Crippen molar-refractivity contribution in [2.45, 2.75) is 43.7 Å². The minimum Gasteiger partial charge on any atom is -0.356 e. The summed E-state index contributed by atoms with van der Waals surface area (Å²) in [4.78, 5) is 33.1. The molecule has 2 aliphatic heterocycles. The number of nitrogens with one attached hydrogen (secondary N) is 2. The summed E-state index contributed by atoms with van der Waals surface area (Å²) in [7, 11) is 0. The molecule has 3 fully saturated rings. The first-order chi connectivity index (χ1) is 15.8. The van der Waals surface area contributed by atoms with Crippen LogP contribution in [0.1, 0.15) is 37.7 Å². The second kappa shape index (κ2) is 8.53. The molecule has 0 radical (unpaired) electrons. The molecule has 5 rings (SSSR count). The Bertz CT molecular complexity index is 1110. The fourth-order valence-corrected chi connectivity index (χ4v) is 5.93. The first-order valence-corrected chi connectivity index (χ1v) is 12.0. The van der Waals surface area contributed by atoms with Crippen molar-refractivity contribution in [1.29, 1.82) is 0 Å². The highest BCUT2D eigenvalue weighted by molar-refractivity contribution is 6.31. The number of hydrogen-bond acceptors (Lipinski definition) is 4. The molecule has 2 saturated heterocycles. The molecule has 6 nitrogen and oxygen atoms in total. The first kappa shape index (κ1) is 22.6. The maximum atomic E-state index is 15.3. The second-order valence-electron chi connectivity index (χ2n) is 9.36. The van der Waals surface area contributed by atoms with E-state index in [1.165, 1.54) is 12.3 Å². The molecule has 1 aliphatic carbocycles. The van der Waals surface area contributed by atoms with Crippen molar-refractivity contribution in [1.82, 2.24) is 15.2 Å². The van der Waals surface area contributed by atoms with Gasteiger partial charge >= 0.3 is 0 Å². The number of pyridine rings is 1. The molecule has 1 aromatic heterocycles. The quantitative estimate of drug-likeness (QED) is 0.614. The van der Waals surface area contributed by atoms with Gasteiger partial charge in [0.25, 0.3) is 0 Å². The zero-order chi connectivity index (χ0) is 23.3. The number of piperidine rings is 1. The van der Waals surface area contributed by atoms with Crippen molar-refractivity contribution in [3.63, 3.8) is 0 Å². The molecule has 0 spiro atoms. The van der Waals surface area contributed by atoms with Gasteiger partial charge in [-0.25, -0.2) is 9.37 Å². The molecule has 1 aromatic carbocycles. The lowest BCUT2D eigenvalue weighted by Crippen LogP contribution is -2.56. The van der Waals surface area contributed by atoms with Gasteiger partial charge < -0.3 is 10.6 Å². The molecule has 2 aromatic rings. The van der Waals surface area contributed by atoms with Gasteiger partial charge in [0.05, 0.1) is 5.92 Å². The van der Waals surface area contributed by atoms with Crippen LogP contribution in [0, 0.1) is 17.7 Å². The van der Waals surface area contributed by atoms with E-state index in [-0.39, 0.29) is 28.6 Å². The summed E-state index contributed by atoms with van der Waals surface area (Å²) in [5, 5.41) is 6.14. The van der Waals surface area contributed by atoms with E-state index in [0.717, 1.165) is 12.8 Å². The Balaban J connectivity index is 1.64. The van der Waals surface area contributed by atoms with Gasteiger partial charge in [-0.3, -0.25) is 14.5 Å². The zero-order valence-electron chi connectivity index (χ0n) is 18.2. The average Bonchev–Trinajstić information content (AvgIpc) is 3.56. The lowest BCUT2D eigenvalue weighted by atomic mass is 9.73. The van der Waals surface area contributed by atoms with Gasteiger partial charge in [0.15, 0.2) is 11.0 Å². The van der Waals surface area contributed by atoms with Crippen molar-refractivity contribution in [2.24, 2.45) is 11.8 Å². The molecule has 33 heavy (non-hydrogen) atoms. The summed E-state index contributed by atoms with van der Waals surface area (Å²) in [6.45, 7) is 3.03. The van der Waals surface area contributed by atoms with Gasteiger partial charge in [-0.2, -0.15) is 0 Å². The summed E-state index contributed by atoms with van der Waals surface area (Å²) >= 11 is 12.2. The fourth-order valence-electron chi connectivity index (χ4n) is 5.58. The number of anilines is 1. The van der Waals surface area contributed by atoms with Crippen molar-refractivity contribution >= 4 is 40.7 Å². The number of carbonyl (C=O) groups is 2. The van der Waals surface area contributed by atoms with Crippen LogP contribution in [0.25, 0.3) is 0 Å². The maximum absolute atomic E-state index is 15.3. The molecule has 9 heteroatoms. The standard InChI is InChI=1S/C24H25Cl2FN4O2/c1-24(23(33)30-15-4-2-3-14(25)11-15)19(16-7-9-28-21(26)20(16)27)18-17(8-10-29-22(18)32)31(24)12-13-5-6-13/h2-4,7,9,11,13,17-19H,5-6,8,10,12H2,1H3,(H,29,32)(H,30,33)/t17-,18+,19-,24+/m0/s1. The number of halogens is 3. The number of benzene rings is 1. The summed E-state index contributed by atoms with van der Waals surface area (Å²) in [6.07, 6.45) is 4.30. The molecular formula is C24H25Cl2FN4O2. The van der Waals surface area contributed by atoms with E-state index in [9.17, 15) is 9.59 Å². The number of aromatic nitrogens is 1. The molecule has 0 unspecified atom stereocenters. The Morgan fingerprint density at radius 3 is 2.82 bits per heavy atom. The minimum atomic E-state index is -1.19. The number of fused-ring (bicyclic) bond motifs is 1. The summed E-state index contributed by atoms with van der Waals surface area (Å²) in [5.41, 5.74) is -0.400. The van der Waals surface area contributed by atoms with Gasteiger partial charge in [0, 0.05) is 42.0 Å². The van der Waals surface area contributed by atoms with E-state index < -0.39 is 23.2 Å².